The van der Waals surface area contributed by atoms with E-state index >= 15 is 0 Å². The van der Waals surface area contributed by atoms with Crippen LogP contribution in [-0.2, 0) is 10.0 Å². The smallest absolute Gasteiger partial charge is 0.430 e. The lowest BCUT2D eigenvalue weighted by Gasteiger charge is -2.17. The zero-order valence-corrected chi connectivity index (χ0v) is 15.4. The van der Waals surface area contributed by atoms with Gasteiger partial charge in [-0.2, -0.15) is 0 Å². The van der Waals surface area contributed by atoms with E-state index in [0.29, 0.717) is 11.1 Å². The van der Waals surface area contributed by atoms with Gasteiger partial charge in [0.15, 0.2) is 0 Å². The molecule has 0 radical (unpaired) electrons. The molecule has 3 rings (SSSR count). The number of anilines is 2. The molecule has 0 heterocycles. The molecule has 8 heteroatoms. The average molecular weight is 372 g/mol. The fourth-order valence-corrected chi connectivity index (χ4v) is 3.89. The fourth-order valence-electron chi connectivity index (χ4n) is 2.61. The lowest BCUT2D eigenvalue weighted by atomic mass is 10.1. The fraction of sp³-hybridized carbons (Fsp3) is 0.111. The summed E-state index contributed by atoms with van der Waals surface area (Å²) in [7, 11) is -0.516. The van der Waals surface area contributed by atoms with Crippen LogP contribution >= 0.6 is 0 Å². The Balaban J connectivity index is 0.000000758. The maximum Gasteiger partial charge on any atom is 0.432 e. The predicted octanol–water partition coefficient (Wildman–Crippen LogP) is 1.94. The summed E-state index contributed by atoms with van der Waals surface area (Å²) in [6.07, 6.45) is 0. The van der Waals surface area contributed by atoms with Crippen LogP contribution in [0.1, 0.15) is 0 Å². The van der Waals surface area contributed by atoms with Crippen molar-refractivity contribution in [3.63, 3.8) is 0 Å². The first kappa shape index (κ1) is 19.8. The number of rotatable bonds is 4. The van der Waals surface area contributed by atoms with E-state index in [0.717, 1.165) is 11.1 Å². The lowest BCUT2D eigenvalue weighted by molar-refractivity contribution is 0.448. The topological polar surface area (TPSA) is 89.9 Å². The second-order valence-electron chi connectivity index (χ2n) is 5.64. The number of hydrogen-bond donors (Lipinski definition) is 3. The lowest BCUT2D eigenvalue weighted by Crippen LogP contribution is -2.14. The molecule has 136 valence electrons. The Morgan fingerprint density at radius 3 is 2.04 bits per heavy atom. The van der Waals surface area contributed by atoms with Crippen LogP contribution in [-0.4, -0.2) is 40.2 Å². The van der Waals surface area contributed by atoms with E-state index in [1.807, 2.05) is 49.3 Å². The Kier molecular flexibility index (Phi) is 6.62. The maximum absolute atomic E-state index is 12.8. The zero-order chi connectivity index (χ0) is 19.2. The molecule has 0 aromatic heterocycles. The first-order valence-corrected chi connectivity index (χ1v) is 9.37. The van der Waals surface area contributed by atoms with Crippen molar-refractivity contribution in [1.29, 1.82) is 0 Å². The molecule has 0 aliphatic heterocycles. The Bertz CT molecular complexity index is 963. The van der Waals surface area contributed by atoms with Gasteiger partial charge in [-0.05, 0) is 24.3 Å². The first-order chi connectivity index (χ1) is 12.4. The number of para-hydroxylation sites is 1. The third-order valence-electron chi connectivity index (χ3n) is 3.66. The highest BCUT2D eigenvalue weighted by Gasteiger charge is 2.18. The summed E-state index contributed by atoms with van der Waals surface area (Å²) in [5, 5.41) is 15.9. The van der Waals surface area contributed by atoms with Crippen molar-refractivity contribution in [2.75, 3.05) is 23.7 Å². The second-order valence-corrected chi connectivity index (χ2v) is 7.29. The summed E-state index contributed by atoms with van der Waals surface area (Å²) in [6, 6.07) is 19.9. The van der Waals surface area contributed by atoms with Gasteiger partial charge >= 0.3 is 7.69 Å². The van der Waals surface area contributed by atoms with Gasteiger partial charge in [-0.1, -0.05) is 42.5 Å². The van der Waals surface area contributed by atoms with E-state index < -0.39 is 17.7 Å². The molecule has 0 spiro atoms. The molecule has 0 fully saturated rings. The summed E-state index contributed by atoms with van der Waals surface area (Å²) < 4.78 is 28.2. The summed E-state index contributed by atoms with van der Waals surface area (Å²) in [5.74, 6) is 0. The minimum atomic E-state index is -3.65. The molecule has 0 aliphatic rings. The van der Waals surface area contributed by atoms with Crippen LogP contribution in [0.15, 0.2) is 71.6 Å². The summed E-state index contributed by atoms with van der Waals surface area (Å²) in [4.78, 5) is 2.26. The van der Waals surface area contributed by atoms with E-state index in [2.05, 4.69) is 4.72 Å². The molecule has 0 atom stereocenters. The number of fused-ring (bicyclic) bond motifs is 1. The van der Waals surface area contributed by atoms with Gasteiger partial charge in [-0.3, -0.25) is 4.72 Å². The van der Waals surface area contributed by atoms with Crippen molar-refractivity contribution < 1.29 is 18.5 Å². The minimum Gasteiger partial charge on any atom is -0.430 e. The molecule has 0 bridgehead atoms. The number of benzene rings is 3. The molecule has 6 nitrogen and oxygen atoms in total. The summed E-state index contributed by atoms with van der Waals surface area (Å²) in [5.41, 5.74) is 1.53. The summed E-state index contributed by atoms with van der Waals surface area (Å²) >= 11 is 0. The number of sulfonamides is 1. The minimum absolute atomic E-state index is 0.280. The van der Waals surface area contributed by atoms with Crippen LogP contribution < -0.4 is 9.62 Å². The highest BCUT2D eigenvalue weighted by atomic mass is 32.2. The van der Waals surface area contributed by atoms with Crippen molar-refractivity contribution in [2.45, 2.75) is 4.90 Å². The van der Waals surface area contributed by atoms with E-state index in [4.69, 9.17) is 10.0 Å². The van der Waals surface area contributed by atoms with Crippen LogP contribution in [0.5, 0.6) is 0 Å². The quantitative estimate of drug-likeness (QED) is 0.609. The van der Waals surface area contributed by atoms with Gasteiger partial charge in [-0.25, -0.2) is 8.42 Å². The molecular weight excluding hydrogens is 351 g/mol. The SMILES string of the molecule is CN(C)c1cccc2c(S(=O)(=O)Nc3ccccc3)cccc12.OBO. The standard InChI is InChI=1S/C18H18N2O2S.BH3O2/c1-20(2)17-12-6-11-16-15(17)10-7-13-18(16)23(21,22)19-14-8-4-3-5-9-14;2-1-3/h3-13,19H,1-2H3;1-3H. The second kappa shape index (κ2) is 8.71. The molecule has 26 heavy (non-hydrogen) atoms. The van der Waals surface area contributed by atoms with E-state index in [9.17, 15) is 8.42 Å². The maximum atomic E-state index is 12.8. The largest absolute Gasteiger partial charge is 0.432 e. The average Bonchev–Trinajstić information content (AvgIpc) is 2.61. The van der Waals surface area contributed by atoms with Crippen molar-refractivity contribution in [3.8, 4) is 0 Å². The molecule has 0 saturated heterocycles. The van der Waals surface area contributed by atoms with E-state index in [1.165, 1.54) is 0 Å². The Morgan fingerprint density at radius 2 is 1.42 bits per heavy atom. The number of nitrogens with one attached hydrogen (secondary N) is 1. The highest BCUT2D eigenvalue weighted by molar-refractivity contribution is 7.93. The van der Waals surface area contributed by atoms with Gasteiger partial charge in [-0.15, -0.1) is 0 Å². The predicted molar refractivity (Wildman–Crippen MR) is 107 cm³/mol. The normalized spacial score (nSPS) is 10.6. The Labute approximate surface area is 154 Å². The van der Waals surface area contributed by atoms with Crippen LogP contribution in [0, 0.1) is 0 Å². The molecule has 3 N–H and O–H groups in total. The van der Waals surface area contributed by atoms with Gasteiger partial charge < -0.3 is 14.9 Å². The van der Waals surface area contributed by atoms with Crippen molar-refractivity contribution >= 4 is 39.9 Å². The highest BCUT2D eigenvalue weighted by Crippen LogP contribution is 2.30. The molecule has 0 unspecified atom stereocenters. The third kappa shape index (κ3) is 4.54. The molecule has 3 aromatic carbocycles. The van der Waals surface area contributed by atoms with Crippen molar-refractivity contribution in [2.24, 2.45) is 0 Å². The van der Waals surface area contributed by atoms with Crippen molar-refractivity contribution in [1.82, 2.24) is 0 Å². The zero-order valence-electron chi connectivity index (χ0n) is 14.6. The molecular formula is C18H21BN2O4S. The first-order valence-electron chi connectivity index (χ1n) is 7.89. The number of nitrogens with zero attached hydrogens (tertiary/aromatic N) is 1. The van der Waals surface area contributed by atoms with E-state index in [1.54, 1.807) is 36.4 Å². The Morgan fingerprint density at radius 1 is 0.846 bits per heavy atom. The third-order valence-corrected chi connectivity index (χ3v) is 5.10. The van der Waals surface area contributed by atoms with Gasteiger partial charge in [0.05, 0.1) is 4.90 Å². The monoisotopic (exact) mass is 372 g/mol. The van der Waals surface area contributed by atoms with Gasteiger partial charge in [0.25, 0.3) is 10.0 Å². The van der Waals surface area contributed by atoms with Crippen LogP contribution in [0.3, 0.4) is 0 Å². The molecule has 0 aliphatic carbocycles. The van der Waals surface area contributed by atoms with Gasteiger partial charge in [0.1, 0.15) is 0 Å². The number of hydrogen-bond acceptors (Lipinski definition) is 5. The van der Waals surface area contributed by atoms with Gasteiger partial charge in [0.2, 0.25) is 0 Å². The molecule has 0 amide bonds. The van der Waals surface area contributed by atoms with Gasteiger partial charge in [0, 0.05) is 36.2 Å². The van der Waals surface area contributed by atoms with Crippen LogP contribution in [0.25, 0.3) is 10.8 Å². The molecule has 3 aromatic rings. The van der Waals surface area contributed by atoms with Crippen LogP contribution in [0.2, 0.25) is 0 Å². The van der Waals surface area contributed by atoms with E-state index in [-0.39, 0.29) is 4.90 Å². The Hall–Kier alpha value is -2.55. The molecule has 0 saturated carbocycles. The van der Waals surface area contributed by atoms with Crippen LogP contribution in [0.4, 0.5) is 11.4 Å². The summed E-state index contributed by atoms with van der Waals surface area (Å²) in [6.45, 7) is 0. The van der Waals surface area contributed by atoms with Crippen molar-refractivity contribution in [3.05, 3.63) is 66.7 Å².